The Morgan fingerprint density at radius 1 is 1.22 bits per heavy atom. The number of aromatic amines is 1. The lowest BCUT2D eigenvalue weighted by atomic mass is 10.2. The van der Waals surface area contributed by atoms with Gasteiger partial charge in [-0.1, -0.05) is 11.8 Å². The number of hydrogen-bond donors (Lipinski definition) is 2. The maximum atomic E-state index is 13.6. The summed E-state index contributed by atoms with van der Waals surface area (Å²) >= 11 is 1.12. The van der Waals surface area contributed by atoms with E-state index in [2.05, 4.69) is 20.5 Å². The maximum absolute atomic E-state index is 13.6. The van der Waals surface area contributed by atoms with Gasteiger partial charge in [0.25, 0.3) is 0 Å². The number of carbonyl (C=O) groups excluding carboxylic acids is 1. The summed E-state index contributed by atoms with van der Waals surface area (Å²) in [5, 5.41) is 9.11. The Morgan fingerprint density at radius 2 is 1.96 bits per heavy atom. The molecule has 0 aliphatic heterocycles. The van der Waals surface area contributed by atoms with Crippen molar-refractivity contribution in [1.82, 2.24) is 15.2 Å². The highest BCUT2D eigenvalue weighted by Gasteiger charge is 2.19. The highest BCUT2D eigenvalue weighted by molar-refractivity contribution is 8.00. The van der Waals surface area contributed by atoms with E-state index >= 15 is 0 Å². The molecular formula is C18H16F2N4O2S. The molecule has 0 saturated carbocycles. The summed E-state index contributed by atoms with van der Waals surface area (Å²) in [5.74, 6) is -0.704. The Balaban J connectivity index is 1.64. The summed E-state index contributed by atoms with van der Waals surface area (Å²) < 4.78 is 31.7. The van der Waals surface area contributed by atoms with E-state index in [1.165, 1.54) is 6.07 Å². The molecule has 140 valence electrons. The quantitative estimate of drug-likeness (QED) is 0.625. The van der Waals surface area contributed by atoms with Crippen LogP contribution in [0.25, 0.3) is 11.4 Å². The number of nitrogens with zero attached hydrogens (tertiary/aromatic N) is 2. The highest BCUT2D eigenvalue weighted by Crippen LogP contribution is 2.25. The number of methoxy groups -OCH3 is 1. The molecule has 0 unspecified atom stereocenters. The summed E-state index contributed by atoms with van der Waals surface area (Å²) in [6.07, 6.45) is 0. The van der Waals surface area contributed by atoms with Crippen LogP contribution in [0.15, 0.2) is 47.6 Å². The summed E-state index contributed by atoms with van der Waals surface area (Å²) in [5.41, 5.74) is 0.739. The van der Waals surface area contributed by atoms with Gasteiger partial charge in [0, 0.05) is 11.6 Å². The molecule has 0 bridgehead atoms. The van der Waals surface area contributed by atoms with Crippen molar-refractivity contribution in [3.05, 3.63) is 54.1 Å². The minimum absolute atomic E-state index is 0.0808. The van der Waals surface area contributed by atoms with E-state index in [0.717, 1.165) is 29.1 Å². The molecule has 0 aliphatic carbocycles. The second-order valence-corrected chi connectivity index (χ2v) is 6.88. The van der Waals surface area contributed by atoms with Crippen LogP contribution in [0.5, 0.6) is 5.75 Å². The zero-order chi connectivity index (χ0) is 19.4. The van der Waals surface area contributed by atoms with E-state index in [-0.39, 0.29) is 5.69 Å². The van der Waals surface area contributed by atoms with Crippen molar-refractivity contribution >= 4 is 23.4 Å². The first-order chi connectivity index (χ1) is 13.0. The van der Waals surface area contributed by atoms with E-state index in [9.17, 15) is 13.6 Å². The molecule has 0 fully saturated rings. The molecule has 9 heteroatoms. The number of aromatic nitrogens is 3. The van der Waals surface area contributed by atoms with Crippen LogP contribution in [0, 0.1) is 11.6 Å². The number of hydrogen-bond acceptors (Lipinski definition) is 5. The number of halogens is 2. The van der Waals surface area contributed by atoms with Gasteiger partial charge in [0.2, 0.25) is 11.1 Å². The summed E-state index contributed by atoms with van der Waals surface area (Å²) in [6, 6.07) is 10.2. The van der Waals surface area contributed by atoms with Gasteiger partial charge >= 0.3 is 0 Å². The van der Waals surface area contributed by atoms with Gasteiger partial charge in [-0.25, -0.2) is 13.8 Å². The first kappa shape index (κ1) is 18.8. The Bertz CT molecular complexity index is 947. The molecule has 1 atom stereocenters. The molecule has 1 aromatic heterocycles. The Morgan fingerprint density at radius 3 is 2.63 bits per heavy atom. The van der Waals surface area contributed by atoms with E-state index in [1.807, 2.05) is 12.1 Å². The second-order valence-electron chi connectivity index (χ2n) is 5.57. The van der Waals surface area contributed by atoms with E-state index in [1.54, 1.807) is 26.2 Å². The van der Waals surface area contributed by atoms with Gasteiger partial charge < -0.3 is 10.1 Å². The molecule has 0 aliphatic rings. The smallest absolute Gasteiger partial charge is 0.237 e. The second kappa shape index (κ2) is 8.17. The largest absolute Gasteiger partial charge is 0.497 e. The summed E-state index contributed by atoms with van der Waals surface area (Å²) in [6.45, 7) is 1.64. The number of thioether (sulfide) groups is 1. The third-order valence-electron chi connectivity index (χ3n) is 3.67. The highest BCUT2D eigenvalue weighted by atomic mass is 32.2. The number of nitrogens with one attached hydrogen (secondary N) is 2. The van der Waals surface area contributed by atoms with Gasteiger partial charge in [-0.05, 0) is 43.3 Å². The van der Waals surface area contributed by atoms with Crippen molar-refractivity contribution in [1.29, 1.82) is 0 Å². The minimum Gasteiger partial charge on any atom is -0.497 e. The number of amides is 1. The van der Waals surface area contributed by atoms with Crippen LogP contribution < -0.4 is 10.1 Å². The van der Waals surface area contributed by atoms with Gasteiger partial charge in [0.1, 0.15) is 17.4 Å². The summed E-state index contributed by atoms with van der Waals surface area (Å²) in [4.78, 5) is 16.6. The van der Waals surface area contributed by atoms with E-state index in [4.69, 9.17) is 4.74 Å². The lowest BCUT2D eigenvalue weighted by molar-refractivity contribution is -0.115. The number of carbonyl (C=O) groups is 1. The molecule has 2 N–H and O–H groups in total. The van der Waals surface area contributed by atoms with Gasteiger partial charge in [0.05, 0.1) is 18.0 Å². The number of anilines is 1. The monoisotopic (exact) mass is 390 g/mol. The number of ether oxygens (including phenoxy) is 1. The standard InChI is InChI=1S/C18H16F2N4O2S/c1-10(17(25)21-15-8-5-12(19)9-14(15)20)27-18-22-16(23-24-18)11-3-6-13(26-2)7-4-11/h3-10H,1-2H3,(H,21,25)(H,22,23,24)/t10-/m1/s1. The van der Waals surface area contributed by atoms with Crippen LogP contribution in [0.1, 0.15) is 6.92 Å². The molecular weight excluding hydrogens is 374 g/mol. The fourth-order valence-corrected chi connectivity index (χ4v) is 2.94. The molecule has 1 amide bonds. The van der Waals surface area contributed by atoms with Crippen LogP contribution in [-0.4, -0.2) is 33.4 Å². The molecule has 3 rings (SSSR count). The average molecular weight is 390 g/mol. The van der Waals surface area contributed by atoms with Crippen LogP contribution in [0.2, 0.25) is 0 Å². The van der Waals surface area contributed by atoms with Crippen molar-refractivity contribution in [3.63, 3.8) is 0 Å². The zero-order valence-electron chi connectivity index (χ0n) is 14.5. The van der Waals surface area contributed by atoms with Crippen LogP contribution in [0.3, 0.4) is 0 Å². The SMILES string of the molecule is COc1ccc(-c2nc(S[C@H](C)C(=O)Nc3ccc(F)cc3F)n[nH]2)cc1. The van der Waals surface area contributed by atoms with Crippen molar-refractivity contribution in [2.45, 2.75) is 17.3 Å². The van der Waals surface area contributed by atoms with E-state index in [0.29, 0.717) is 17.0 Å². The lowest BCUT2D eigenvalue weighted by Crippen LogP contribution is -2.23. The molecule has 6 nitrogen and oxygen atoms in total. The van der Waals surface area contributed by atoms with Gasteiger partial charge in [0.15, 0.2) is 5.82 Å². The van der Waals surface area contributed by atoms with Crippen molar-refractivity contribution < 1.29 is 18.3 Å². The third-order valence-corrected chi connectivity index (χ3v) is 4.63. The predicted molar refractivity (Wildman–Crippen MR) is 98.7 cm³/mol. The van der Waals surface area contributed by atoms with Crippen molar-refractivity contribution in [3.8, 4) is 17.1 Å². The van der Waals surface area contributed by atoms with E-state index < -0.39 is 22.8 Å². The van der Waals surface area contributed by atoms with Crippen molar-refractivity contribution in [2.75, 3.05) is 12.4 Å². The van der Waals surface area contributed by atoms with Gasteiger partial charge in [-0.15, -0.1) is 5.10 Å². The molecule has 2 aromatic carbocycles. The predicted octanol–water partition coefficient (Wildman–Crippen LogP) is 3.88. The first-order valence-electron chi connectivity index (χ1n) is 7.95. The molecule has 1 heterocycles. The van der Waals surface area contributed by atoms with Crippen LogP contribution in [0.4, 0.5) is 14.5 Å². The van der Waals surface area contributed by atoms with Gasteiger partial charge in [-0.3, -0.25) is 9.89 Å². The van der Waals surface area contributed by atoms with Crippen molar-refractivity contribution in [2.24, 2.45) is 0 Å². The molecule has 27 heavy (non-hydrogen) atoms. The van der Waals surface area contributed by atoms with Gasteiger partial charge in [-0.2, -0.15) is 0 Å². The molecule has 3 aromatic rings. The number of benzene rings is 2. The normalized spacial score (nSPS) is 11.9. The number of H-pyrrole nitrogens is 1. The molecule has 0 saturated heterocycles. The Labute approximate surface area is 158 Å². The lowest BCUT2D eigenvalue weighted by Gasteiger charge is -2.10. The molecule has 0 spiro atoms. The first-order valence-corrected chi connectivity index (χ1v) is 8.83. The molecule has 0 radical (unpaired) electrons. The van der Waals surface area contributed by atoms with Crippen LogP contribution in [-0.2, 0) is 4.79 Å². The minimum atomic E-state index is -0.833. The topological polar surface area (TPSA) is 79.9 Å². The fraction of sp³-hybridized carbons (Fsp3) is 0.167. The Kier molecular flexibility index (Phi) is 5.70. The Hall–Kier alpha value is -2.94. The number of rotatable bonds is 6. The maximum Gasteiger partial charge on any atom is 0.237 e. The zero-order valence-corrected chi connectivity index (χ0v) is 15.3. The van der Waals surface area contributed by atoms with Crippen LogP contribution >= 0.6 is 11.8 Å². The summed E-state index contributed by atoms with van der Waals surface area (Å²) in [7, 11) is 1.59. The average Bonchev–Trinajstić information content (AvgIpc) is 3.12. The fourth-order valence-electron chi connectivity index (χ4n) is 2.21. The third kappa shape index (κ3) is 4.62.